The van der Waals surface area contributed by atoms with Gasteiger partial charge in [0, 0.05) is 24.7 Å². The first-order valence-electron chi connectivity index (χ1n) is 7.64. The van der Waals surface area contributed by atoms with Crippen molar-refractivity contribution in [3.8, 4) is 0 Å². The van der Waals surface area contributed by atoms with Crippen molar-refractivity contribution < 1.29 is 0 Å². The number of nitrogens with two attached hydrogens (primary N) is 1. The van der Waals surface area contributed by atoms with Crippen LogP contribution in [0.3, 0.4) is 0 Å². The Bertz CT molecular complexity index is 246. The maximum Gasteiger partial charge on any atom is 0.0226 e. The van der Waals surface area contributed by atoms with E-state index in [1.54, 1.807) is 0 Å². The highest BCUT2D eigenvalue weighted by atomic mass is 15.2. The number of hydrogen-bond donors (Lipinski definition) is 1. The van der Waals surface area contributed by atoms with Gasteiger partial charge in [-0.2, -0.15) is 0 Å². The summed E-state index contributed by atoms with van der Waals surface area (Å²) in [6.45, 7) is 5.53. The highest BCUT2D eigenvalue weighted by Crippen LogP contribution is 2.50. The van der Waals surface area contributed by atoms with Crippen molar-refractivity contribution >= 4 is 0 Å². The Morgan fingerprint density at radius 3 is 1.94 bits per heavy atom. The van der Waals surface area contributed by atoms with Gasteiger partial charge in [-0.15, -0.1) is 0 Å². The van der Waals surface area contributed by atoms with Gasteiger partial charge in [0.2, 0.25) is 0 Å². The highest BCUT2D eigenvalue weighted by molar-refractivity contribution is 5.02. The third-order valence-corrected chi connectivity index (χ3v) is 5.37. The average molecular weight is 236 g/mol. The normalized spacial score (nSPS) is 42.4. The van der Waals surface area contributed by atoms with Crippen LogP contribution in [0.5, 0.6) is 0 Å². The predicted molar refractivity (Wildman–Crippen MR) is 71.8 cm³/mol. The molecule has 4 fully saturated rings. The maximum atomic E-state index is 6.06. The second-order valence-corrected chi connectivity index (χ2v) is 7.18. The lowest BCUT2D eigenvalue weighted by Crippen LogP contribution is -2.62. The summed E-state index contributed by atoms with van der Waals surface area (Å²) in [5.74, 6) is 2.90. The fourth-order valence-corrected chi connectivity index (χ4v) is 5.05. The van der Waals surface area contributed by atoms with Crippen molar-refractivity contribution in [2.24, 2.45) is 23.5 Å². The monoisotopic (exact) mass is 236 g/mol. The highest BCUT2D eigenvalue weighted by Gasteiger charge is 2.48. The summed E-state index contributed by atoms with van der Waals surface area (Å²) in [7, 11) is 0. The predicted octanol–water partition coefficient (Wildman–Crippen LogP) is 2.62. The molecule has 0 radical (unpaired) electrons. The molecule has 98 valence electrons. The molecule has 0 aromatic rings. The van der Waals surface area contributed by atoms with Gasteiger partial charge in [-0.05, 0) is 56.3 Å². The van der Waals surface area contributed by atoms with Crippen molar-refractivity contribution in [1.82, 2.24) is 4.90 Å². The lowest BCUT2D eigenvalue weighted by atomic mass is 9.63. The van der Waals surface area contributed by atoms with Crippen LogP contribution in [0.25, 0.3) is 0 Å². The molecule has 1 atom stereocenters. The molecule has 0 aromatic heterocycles. The van der Waals surface area contributed by atoms with E-state index >= 15 is 0 Å². The third-order valence-electron chi connectivity index (χ3n) is 5.37. The van der Waals surface area contributed by atoms with E-state index in [1.807, 2.05) is 0 Å². The summed E-state index contributed by atoms with van der Waals surface area (Å²) in [6.07, 6.45) is 8.73. The minimum absolute atomic E-state index is 0.657. The molecule has 4 aliphatic rings. The van der Waals surface area contributed by atoms with E-state index in [2.05, 4.69) is 18.7 Å². The maximum absolute atomic E-state index is 6.06. The topological polar surface area (TPSA) is 29.3 Å². The third kappa shape index (κ3) is 2.15. The molecule has 1 unspecified atom stereocenters. The van der Waals surface area contributed by atoms with Crippen molar-refractivity contribution in [1.29, 1.82) is 0 Å². The second-order valence-electron chi connectivity index (χ2n) is 7.18. The summed E-state index contributed by atoms with van der Waals surface area (Å²) < 4.78 is 0. The van der Waals surface area contributed by atoms with Crippen LogP contribution in [0.15, 0.2) is 0 Å². The molecule has 4 bridgehead atoms. The van der Waals surface area contributed by atoms with Gasteiger partial charge in [-0.1, -0.05) is 13.8 Å². The van der Waals surface area contributed by atoms with E-state index in [1.165, 1.54) is 38.5 Å². The lowest BCUT2D eigenvalue weighted by Gasteiger charge is -2.59. The first kappa shape index (κ1) is 12.0. The van der Waals surface area contributed by atoms with Gasteiger partial charge in [0.15, 0.2) is 0 Å². The van der Waals surface area contributed by atoms with Crippen LogP contribution in [0.1, 0.15) is 52.4 Å². The van der Waals surface area contributed by atoms with Crippen molar-refractivity contribution in [2.75, 3.05) is 6.54 Å². The molecule has 2 saturated carbocycles. The lowest BCUT2D eigenvalue weighted by molar-refractivity contribution is -0.0835. The SMILES string of the molecule is CC(C)CC(CN)N1C2CC3CC(C2)CC1C3. The van der Waals surface area contributed by atoms with Crippen LogP contribution >= 0.6 is 0 Å². The fraction of sp³-hybridized carbons (Fsp3) is 1.00. The molecule has 17 heavy (non-hydrogen) atoms. The van der Waals surface area contributed by atoms with Crippen LogP contribution < -0.4 is 5.73 Å². The van der Waals surface area contributed by atoms with E-state index in [-0.39, 0.29) is 0 Å². The Morgan fingerprint density at radius 1 is 1.00 bits per heavy atom. The molecule has 2 aliphatic heterocycles. The van der Waals surface area contributed by atoms with Crippen molar-refractivity contribution in [3.05, 3.63) is 0 Å². The van der Waals surface area contributed by atoms with Gasteiger partial charge in [0.05, 0.1) is 0 Å². The van der Waals surface area contributed by atoms with Crippen LogP contribution in [0.2, 0.25) is 0 Å². The molecule has 4 rings (SSSR count). The summed E-state index contributed by atoms with van der Waals surface area (Å²) in [6, 6.07) is 2.43. The summed E-state index contributed by atoms with van der Waals surface area (Å²) in [5.41, 5.74) is 6.06. The smallest absolute Gasteiger partial charge is 0.0226 e. The first-order valence-corrected chi connectivity index (χ1v) is 7.64. The number of piperidine rings is 2. The van der Waals surface area contributed by atoms with E-state index in [0.29, 0.717) is 6.04 Å². The van der Waals surface area contributed by atoms with E-state index in [4.69, 9.17) is 5.73 Å². The van der Waals surface area contributed by atoms with Crippen LogP contribution in [-0.4, -0.2) is 29.6 Å². The molecule has 2 saturated heterocycles. The number of nitrogens with zero attached hydrogens (tertiary/aromatic N) is 1. The van der Waals surface area contributed by atoms with E-state index in [0.717, 1.165) is 36.4 Å². The van der Waals surface area contributed by atoms with Crippen LogP contribution in [0, 0.1) is 17.8 Å². The molecular formula is C15H28N2. The Labute approximate surface area is 106 Å². The summed E-state index contributed by atoms with van der Waals surface area (Å²) in [4.78, 5) is 2.85. The Hall–Kier alpha value is -0.0800. The quantitative estimate of drug-likeness (QED) is 0.813. The van der Waals surface area contributed by atoms with Gasteiger partial charge in [-0.25, -0.2) is 0 Å². The molecule has 2 heteroatoms. The van der Waals surface area contributed by atoms with Gasteiger partial charge in [0.1, 0.15) is 0 Å². The molecule has 0 aromatic carbocycles. The molecule has 2 heterocycles. The van der Waals surface area contributed by atoms with Crippen LogP contribution in [-0.2, 0) is 0 Å². The Kier molecular flexibility index (Phi) is 3.20. The van der Waals surface area contributed by atoms with E-state index in [9.17, 15) is 0 Å². The number of rotatable bonds is 4. The largest absolute Gasteiger partial charge is 0.329 e. The molecular weight excluding hydrogens is 208 g/mol. The fourth-order valence-electron chi connectivity index (χ4n) is 5.05. The minimum Gasteiger partial charge on any atom is -0.329 e. The standard InChI is InChI=1S/C15H28N2/c1-10(2)3-15(9-16)17-13-5-11-4-12(7-13)8-14(17)6-11/h10-15H,3-9,16H2,1-2H3. The average Bonchev–Trinajstić information content (AvgIpc) is 2.25. The second kappa shape index (κ2) is 4.55. The Morgan fingerprint density at radius 2 is 1.53 bits per heavy atom. The minimum atomic E-state index is 0.657. The van der Waals surface area contributed by atoms with E-state index < -0.39 is 0 Å². The van der Waals surface area contributed by atoms with Gasteiger partial charge in [-0.3, -0.25) is 4.90 Å². The zero-order valence-corrected chi connectivity index (χ0v) is 11.4. The summed E-state index contributed by atoms with van der Waals surface area (Å²) in [5, 5.41) is 0. The van der Waals surface area contributed by atoms with Gasteiger partial charge < -0.3 is 5.73 Å². The number of hydrogen-bond acceptors (Lipinski definition) is 2. The molecule has 2 nitrogen and oxygen atoms in total. The zero-order valence-electron chi connectivity index (χ0n) is 11.4. The molecule has 2 N–H and O–H groups in total. The first-order chi connectivity index (χ1) is 8.17. The van der Waals surface area contributed by atoms with Gasteiger partial charge >= 0.3 is 0 Å². The van der Waals surface area contributed by atoms with Crippen LogP contribution in [0.4, 0.5) is 0 Å². The summed E-state index contributed by atoms with van der Waals surface area (Å²) >= 11 is 0. The molecule has 2 aliphatic carbocycles. The van der Waals surface area contributed by atoms with Crippen molar-refractivity contribution in [3.63, 3.8) is 0 Å². The van der Waals surface area contributed by atoms with Crippen molar-refractivity contribution in [2.45, 2.75) is 70.5 Å². The Balaban J connectivity index is 1.74. The van der Waals surface area contributed by atoms with Gasteiger partial charge in [0.25, 0.3) is 0 Å². The molecule has 0 spiro atoms. The molecule has 0 amide bonds. The zero-order chi connectivity index (χ0) is 12.0.